The molecular weight excluding hydrogens is 382 g/mol. The van der Waals surface area contributed by atoms with E-state index in [2.05, 4.69) is 5.32 Å². The first kappa shape index (κ1) is 20.9. The number of ether oxygens (including phenoxy) is 2. The van der Waals surface area contributed by atoms with Crippen molar-refractivity contribution in [2.24, 2.45) is 0 Å². The summed E-state index contributed by atoms with van der Waals surface area (Å²) in [6.07, 6.45) is 2.04. The first-order valence-electron chi connectivity index (χ1n) is 9.82. The third-order valence-electron chi connectivity index (χ3n) is 5.17. The second kappa shape index (κ2) is 9.11. The molecule has 0 saturated carbocycles. The molecule has 2 aliphatic heterocycles. The van der Waals surface area contributed by atoms with Crippen molar-refractivity contribution in [2.75, 3.05) is 39.4 Å². The molecule has 0 aromatic heterocycles. The lowest BCUT2D eigenvalue weighted by Gasteiger charge is -2.35. The van der Waals surface area contributed by atoms with Gasteiger partial charge in [-0.25, -0.2) is 13.2 Å². The molecule has 2 aliphatic rings. The van der Waals surface area contributed by atoms with E-state index in [0.717, 1.165) is 19.4 Å². The Bertz CT molecular complexity index is 754. The van der Waals surface area contributed by atoms with Gasteiger partial charge in [0.15, 0.2) is 0 Å². The van der Waals surface area contributed by atoms with E-state index in [1.54, 1.807) is 29.2 Å². The summed E-state index contributed by atoms with van der Waals surface area (Å²) in [5.41, 5.74) is 0. The Labute approximate surface area is 166 Å². The largest absolute Gasteiger partial charge is 0.494 e. The minimum absolute atomic E-state index is 0.0550. The van der Waals surface area contributed by atoms with Crippen molar-refractivity contribution < 1.29 is 22.7 Å². The number of sulfonamides is 1. The summed E-state index contributed by atoms with van der Waals surface area (Å²) in [5, 5.41) is 2.98. The average Bonchev–Trinajstić information content (AvgIpc) is 3.24. The van der Waals surface area contributed by atoms with Gasteiger partial charge in [-0.2, -0.15) is 4.31 Å². The maximum absolute atomic E-state index is 12.8. The van der Waals surface area contributed by atoms with Crippen molar-refractivity contribution >= 4 is 16.1 Å². The maximum atomic E-state index is 12.8. The molecule has 0 spiro atoms. The van der Waals surface area contributed by atoms with E-state index >= 15 is 0 Å². The van der Waals surface area contributed by atoms with Crippen LogP contribution >= 0.6 is 0 Å². The number of nitrogens with zero attached hydrogens (tertiary/aromatic N) is 2. The first-order chi connectivity index (χ1) is 13.4. The van der Waals surface area contributed by atoms with Crippen molar-refractivity contribution in [3.05, 3.63) is 24.3 Å². The lowest BCUT2D eigenvalue weighted by molar-refractivity contribution is 0.0821. The van der Waals surface area contributed by atoms with Gasteiger partial charge in [0.1, 0.15) is 5.75 Å². The van der Waals surface area contributed by atoms with E-state index in [-0.39, 0.29) is 36.2 Å². The molecule has 0 aliphatic carbocycles. The summed E-state index contributed by atoms with van der Waals surface area (Å²) in [4.78, 5) is 14.4. The molecule has 1 N–H and O–H groups in total. The molecule has 3 rings (SSSR count). The van der Waals surface area contributed by atoms with Gasteiger partial charge in [0.05, 0.1) is 23.6 Å². The van der Waals surface area contributed by atoms with E-state index in [4.69, 9.17) is 9.47 Å². The van der Waals surface area contributed by atoms with Gasteiger partial charge in [-0.1, -0.05) is 0 Å². The van der Waals surface area contributed by atoms with Crippen LogP contribution in [0.2, 0.25) is 0 Å². The van der Waals surface area contributed by atoms with Crippen LogP contribution in [0.5, 0.6) is 5.75 Å². The lowest BCUT2D eigenvalue weighted by atomic mass is 10.1. The van der Waals surface area contributed by atoms with E-state index in [1.807, 2.05) is 13.8 Å². The summed E-state index contributed by atoms with van der Waals surface area (Å²) < 4.78 is 38.1. The Morgan fingerprint density at radius 3 is 2.50 bits per heavy atom. The highest BCUT2D eigenvalue weighted by Gasteiger charge is 2.31. The van der Waals surface area contributed by atoms with Gasteiger partial charge in [-0.3, -0.25) is 0 Å². The number of nitrogens with one attached hydrogen (secondary N) is 1. The third kappa shape index (κ3) is 4.76. The van der Waals surface area contributed by atoms with Crippen LogP contribution in [0.15, 0.2) is 29.2 Å². The van der Waals surface area contributed by atoms with Crippen LogP contribution < -0.4 is 10.1 Å². The Balaban J connectivity index is 1.54. The molecule has 1 aromatic rings. The smallest absolute Gasteiger partial charge is 0.317 e. The van der Waals surface area contributed by atoms with Gasteiger partial charge in [0, 0.05) is 32.8 Å². The number of carbonyl (C=O) groups excluding carboxylic acids is 1. The van der Waals surface area contributed by atoms with Gasteiger partial charge < -0.3 is 19.7 Å². The van der Waals surface area contributed by atoms with Crippen LogP contribution in [-0.2, 0) is 14.8 Å². The van der Waals surface area contributed by atoms with Gasteiger partial charge in [0.2, 0.25) is 10.0 Å². The van der Waals surface area contributed by atoms with Crippen molar-refractivity contribution in [3.63, 3.8) is 0 Å². The van der Waals surface area contributed by atoms with Crippen LogP contribution in [0.3, 0.4) is 0 Å². The number of amides is 2. The molecule has 9 heteroatoms. The summed E-state index contributed by atoms with van der Waals surface area (Å²) in [6.45, 7) is 6.37. The zero-order valence-corrected chi connectivity index (χ0v) is 17.3. The van der Waals surface area contributed by atoms with Crippen LogP contribution in [0.25, 0.3) is 0 Å². The Morgan fingerprint density at radius 1 is 1.25 bits per heavy atom. The minimum Gasteiger partial charge on any atom is -0.494 e. The maximum Gasteiger partial charge on any atom is 0.317 e. The predicted octanol–water partition coefficient (Wildman–Crippen LogP) is 1.67. The molecule has 0 bridgehead atoms. The minimum atomic E-state index is -3.58. The van der Waals surface area contributed by atoms with E-state index in [1.165, 1.54) is 4.31 Å². The first-order valence-corrected chi connectivity index (χ1v) is 11.3. The zero-order valence-electron chi connectivity index (χ0n) is 16.5. The molecule has 0 unspecified atom stereocenters. The fourth-order valence-electron chi connectivity index (χ4n) is 3.53. The second-order valence-electron chi connectivity index (χ2n) is 7.09. The van der Waals surface area contributed by atoms with Crippen molar-refractivity contribution in [1.29, 1.82) is 0 Å². The van der Waals surface area contributed by atoms with E-state index < -0.39 is 10.0 Å². The van der Waals surface area contributed by atoms with Gasteiger partial charge >= 0.3 is 6.03 Å². The monoisotopic (exact) mass is 411 g/mol. The van der Waals surface area contributed by atoms with E-state index in [0.29, 0.717) is 25.4 Å². The topological polar surface area (TPSA) is 88.2 Å². The fraction of sp³-hybridized carbons (Fsp3) is 0.632. The van der Waals surface area contributed by atoms with Crippen LogP contribution in [0.1, 0.15) is 26.7 Å². The molecule has 2 fully saturated rings. The Hall–Kier alpha value is -1.84. The molecule has 2 heterocycles. The third-order valence-corrected chi connectivity index (χ3v) is 7.08. The van der Waals surface area contributed by atoms with Gasteiger partial charge in [0.25, 0.3) is 0 Å². The summed E-state index contributed by atoms with van der Waals surface area (Å²) in [6, 6.07) is 6.21. The summed E-state index contributed by atoms with van der Waals surface area (Å²) in [7, 11) is -3.58. The van der Waals surface area contributed by atoms with Gasteiger partial charge in [-0.05, 0) is 51.0 Å². The molecule has 2 atom stereocenters. The SMILES string of the molecule is CCOc1ccc(S(=O)(=O)N2CCN(C(=O)N[C@H](C)[C@@H]3CCCO3)CC2)cc1. The number of benzene rings is 1. The number of piperazine rings is 1. The highest BCUT2D eigenvalue weighted by atomic mass is 32.2. The highest BCUT2D eigenvalue weighted by Crippen LogP contribution is 2.21. The summed E-state index contributed by atoms with van der Waals surface area (Å²) >= 11 is 0. The standard InChI is InChI=1S/C19H29N3O5S/c1-3-26-16-6-8-17(9-7-16)28(24,25)22-12-10-21(11-13-22)19(23)20-15(2)18-5-4-14-27-18/h6-9,15,18H,3-5,10-14H2,1-2H3,(H,20,23)/t15-,18+/m1/s1. The predicted molar refractivity (Wildman–Crippen MR) is 105 cm³/mol. The van der Waals surface area contributed by atoms with Crippen LogP contribution in [0, 0.1) is 0 Å². The molecule has 2 saturated heterocycles. The zero-order chi connectivity index (χ0) is 20.1. The van der Waals surface area contributed by atoms with Crippen molar-refractivity contribution in [3.8, 4) is 5.75 Å². The Morgan fingerprint density at radius 2 is 1.93 bits per heavy atom. The molecule has 1 aromatic carbocycles. The highest BCUT2D eigenvalue weighted by molar-refractivity contribution is 7.89. The molecule has 8 nitrogen and oxygen atoms in total. The fourth-order valence-corrected chi connectivity index (χ4v) is 4.95. The second-order valence-corrected chi connectivity index (χ2v) is 9.02. The van der Waals surface area contributed by atoms with Crippen LogP contribution in [-0.4, -0.2) is 75.2 Å². The molecule has 156 valence electrons. The summed E-state index contributed by atoms with van der Waals surface area (Å²) in [5.74, 6) is 0.642. The lowest BCUT2D eigenvalue weighted by Crippen LogP contribution is -2.55. The molecule has 28 heavy (non-hydrogen) atoms. The van der Waals surface area contributed by atoms with Crippen molar-refractivity contribution in [1.82, 2.24) is 14.5 Å². The molecule has 0 radical (unpaired) electrons. The number of carbonyl (C=O) groups is 1. The Kier molecular flexibility index (Phi) is 6.79. The number of urea groups is 1. The van der Waals surface area contributed by atoms with E-state index in [9.17, 15) is 13.2 Å². The average molecular weight is 412 g/mol. The normalized spacial score (nSPS) is 22.1. The quantitative estimate of drug-likeness (QED) is 0.769. The number of hydrogen-bond donors (Lipinski definition) is 1. The van der Waals surface area contributed by atoms with Crippen LogP contribution in [0.4, 0.5) is 4.79 Å². The van der Waals surface area contributed by atoms with Gasteiger partial charge in [-0.15, -0.1) is 0 Å². The number of rotatable bonds is 6. The molecular formula is C19H29N3O5S. The molecule has 2 amide bonds. The number of hydrogen-bond acceptors (Lipinski definition) is 5. The van der Waals surface area contributed by atoms with Crippen molar-refractivity contribution in [2.45, 2.75) is 43.7 Å².